The SMILES string of the molecule is CCC(Cc1cc(Cl)ccc1[N+](=O)[O-])C(C)N. The molecule has 17 heavy (non-hydrogen) atoms. The van der Waals surface area contributed by atoms with Crippen molar-refractivity contribution in [3.63, 3.8) is 0 Å². The Morgan fingerprint density at radius 2 is 2.18 bits per heavy atom. The molecule has 0 aliphatic rings. The number of hydrogen-bond donors (Lipinski definition) is 1. The second kappa shape index (κ2) is 5.98. The van der Waals surface area contributed by atoms with Crippen LogP contribution in [0.15, 0.2) is 18.2 Å². The molecule has 4 nitrogen and oxygen atoms in total. The normalized spacial score (nSPS) is 14.4. The molecule has 0 saturated carbocycles. The van der Waals surface area contributed by atoms with Gasteiger partial charge in [-0.1, -0.05) is 24.9 Å². The van der Waals surface area contributed by atoms with Crippen LogP contribution in [-0.2, 0) is 6.42 Å². The molecule has 2 atom stereocenters. The van der Waals surface area contributed by atoms with Crippen molar-refractivity contribution in [1.29, 1.82) is 0 Å². The van der Waals surface area contributed by atoms with Crippen molar-refractivity contribution >= 4 is 17.3 Å². The van der Waals surface area contributed by atoms with Gasteiger partial charge in [0, 0.05) is 22.7 Å². The number of halogens is 1. The molecule has 0 aromatic heterocycles. The predicted octanol–water partition coefficient (Wildman–Crippen LogP) is 3.16. The van der Waals surface area contributed by atoms with E-state index in [2.05, 4.69) is 0 Å². The van der Waals surface area contributed by atoms with E-state index in [1.54, 1.807) is 6.07 Å². The minimum Gasteiger partial charge on any atom is -0.328 e. The number of nitro benzene ring substituents is 1. The van der Waals surface area contributed by atoms with E-state index < -0.39 is 0 Å². The van der Waals surface area contributed by atoms with Crippen molar-refractivity contribution in [1.82, 2.24) is 0 Å². The van der Waals surface area contributed by atoms with Gasteiger partial charge in [-0.3, -0.25) is 10.1 Å². The van der Waals surface area contributed by atoms with Gasteiger partial charge in [-0.25, -0.2) is 0 Å². The second-order valence-electron chi connectivity index (χ2n) is 4.26. The first-order valence-electron chi connectivity index (χ1n) is 5.64. The number of nitro groups is 1. The molecule has 0 spiro atoms. The highest BCUT2D eigenvalue weighted by Gasteiger charge is 2.19. The number of rotatable bonds is 5. The van der Waals surface area contributed by atoms with E-state index in [0.29, 0.717) is 17.0 Å². The van der Waals surface area contributed by atoms with Crippen LogP contribution in [0.25, 0.3) is 0 Å². The summed E-state index contributed by atoms with van der Waals surface area (Å²) in [5.41, 5.74) is 6.63. The van der Waals surface area contributed by atoms with Crippen LogP contribution in [0, 0.1) is 16.0 Å². The lowest BCUT2D eigenvalue weighted by Crippen LogP contribution is -2.27. The van der Waals surface area contributed by atoms with Gasteiger partial charge in [0.25, 0.3) is 5.69 Å². The molecule has 1 aromatic rings. The topological polar surface area (TPSA) is 69.2 Å². The fourth-order valence-electron chi connectivity index (χ4n) is 1.88. The Balaban J connectivity index is 3.03. The van der Waals surface area contributed by atoms with E-state index in [0.717, 1.165) is 6.42 Å². The Hall–Kier alpha value is -1.13. The highest BCUT2D eigenvalue weighted by Crippen LogP contribution is 2.26. The molecule has 0 radical (unpaired) electrons. The molecule has 5 heteroatoms. The summed E-state index contributed by atoms with van der Waals surface area (Å²) in [6.07, 6.45) is 1.48. The number of benzene rings is 1. The second-order valence-corrected chi connectivity index (χ2v) is 4.70. The third kappa shape index (κ3) is 3.68. The lowest BCUT2D eigenvalue weighted by atomic mass is 9.90. The first kappa shape index (κ1) is 13.9. The Morgan fingerprint density at radius 3 is 2.65 bits per heavy atom. The summed E-state index contributed by atoms with van der Waals surface area (Å²) >= 11 is 5.87. The summed E-state index contributed by atoms with van der Waals surface area (Å²) in [5, 5.41) is 11.4. The molecule has 0 amide bonds. The van der Waals surface area contributed by atoms with Gasteiger partial charge in [0.2, 0.25) is 0 Å². The summed E-state index contributed by atoms with van der Waals surface area (Å²) in [7, 11) is 0. The van der Waals surface area contributed by atoms with E-state index in [9.17, 15) is 10.1 Å². The highest BCUT2D eigenvalue weighted by atomic mass is 35.5. The molecule has 0 aliphatic carbocycles. The zero-order valence-corrected chi connectivity index (χ0v) is 10.8. The third-order valence-corrected chi connectivity index (χ3v) is 3.22. The number of nitrogens with two attached hydrogens (primary N) is 1. The average molecular weight is 257 g/mol. The minimum atomic E-state index is -0.375. The van der Waals surface area contributed by atoms with E-state index in [1.807, 2.05) is 13.8 Å². The van der Waals surface area contributed by atoms with Gasteiger partial charge in [0.05, 0.1) is 4.92 Å². The molecule has 1 aromatic carbocycles. The monoisotopic (exact) mass is 256 g/mol. The van der Waals surface area contributed by atoms with E-state index in [1.165, 1.54) is 12.1 Å². The van der Waals surface area contributed by atoms with Crippen LogP contribution in [0.5, 0.6) is 0 Å². The van der Waals surface area contributed by atoms with Gasteiger partial charge in [-0.15, -0.1) is 0 Å². The van der Waals surface area contributed by atoms with Gasteiger partial charge < -0.3 is 5.73 Å². The quantitative estimate of drug-likeness (QED) is 0.650. The summed E-state index contributed by atoms with van der Waals surface area (Å²) in [4.78, 5) is 10.5. The third-order valence-electron chi connectivity index (χ3n) is 2.99. The maximum absolute atomic E-state index is 10.9. The molecule has 0 heterocycles. The largest absolute Gasteiger partial charge is 0.328 e. The predicted molar refractivity (Wildman–Crippen MR) is 69.2 cm³/mol. The lowest BCUT2D eigenvalue weighted by molar-refractivity contribution is -0.385. The van der Waals surface area contributed by atoms with Crippen molar-refractivity contribution in [2.45, 2.75) is 32.7 Å². The van der Waals surface area contributed by atoms with Crippen LogP contribution in [0.3, 0.4) is 0 Å². The van der Waals surface area contributed by atoms with Crippen LogP contribution in [0.2, 0.25) is 5.02 Å². The summed E-state index contributed by atoms with van der Waals surface area (Å²) in [5.74, 6) is 0.229. The molecular weight excluding hydrogens is 240 g/mol. The highest BCUT2D eigenvalue weighted by molar-refractivity contribution is 6.30. The summed E-state index contributed by atoms with van der Waals surface area (Å²) in [6.45, 7) is 3.95. The first-order chi connectivity index (χ1) is 7.95. The van der Waals surface area contributed by atoms with Crippen molar-refractivity contribution in [3.8, 4) is 0 Å². The van der Waals surface area contributed by atoms with Gasteiger partial charge >= 0.3 is 0 Å². The Morgan fingerprint density at radius 1 is 1.53 bits per heavy atom. The van der Waals surface area contributed by atoms with E-state index >= 15 is 0 Å². The van der Waals surface area contributed by atoms with Crippen LogP contribution >= 0.6 is 11.6 Å². The van der Waals surface area contributed by atoms with Gasteiger partial charge in [-0.05, 0) is 31.4 Å². The van der Waals surface area contributed by atoms with Crippen LogP contribution in [-0.4, -0.2) is 11.0 Å². The fraction of sp³-hybridized carbons (Fsp3) is 0.500. The fourth-order valence-corrected chi connectivity index (χ4v) is 2.07. The van der Waals surface area contributed by atoms with Crippen LogP contribution in [0.1, 0.15) is 25.8 Å². The molecule has 2 N–H and O–H groups in total. The molecule has 0 bridgehead atoms. The molecule has 1 rings (SSSR count). The van der Waals surface area contributed by atoms with E-state index in [-0.39, 0.29) is 22.6 Å². The summed E-state index contributed by atoms with van der Waals surface area (Å²) in [6, 6.07) is 4.66. The zero-order valence-electron chi connectivity index (χ0n) is 10.0. The minimum absolute atomic E-state index is 0.0126. The first-order valence-corrected chi connectivity index (χ1v) is 6.01. The van der Waals surface area contributed by atoms with Gasteiger partial charge in [0.15, 0.2) is 0 Å². The maximum Gasteiger partial charge on any atom is 0.272 e. The average Bonchev–Trinajstić information content (AvgIpc) is 2.25. The Labute approximate surface area is 106 Å². The maximum atomic E-state index is 10.9. The molecular formula is C12H17ClN2O2. The van der Waals surface area contributed by atoms with E-state index in [4.69, 9.17) is 17.3 Å². The number of hydrogen-bond acceptors (Lipinski definition) is 3. The number of nitrogens with zero attached hydrogens (tertiary/aromatic N) is 1. The van der Waals surface area contributed by atoms with Crippen molar-refractivity contribution in [2.24, 2.45) is 11.7 Å². The van der Waals surface area contributed by atoms with Crippen molar-refractivity contribution in [2.75, 3.05) is 0 Å². The zero-order chi connectivity index (χ0) is 13.0. The molecule has 0 saturated heterocycles. The van der Waals surface area contributed by atoms with Crippen LogP contribution < -0.4 is 5.73 Å². The standard InChI is InChI=1S/C12H17ClN2O2/c1-3-9(8(2)14)6-10-7-11(13)4-5-12(10)15(16)17/h4-5,7-9H,3,6,14H2,1-2H3. The van der Waals surface area contributed by atoms with Gasteiger partial charge in [-0.2, -0.15) is 0 Å². The van der Waals surface area contributed by atoms with Crippen LogP contribution in [0.4, 0.5) is 5.69 Å². The van der Waals surface area contributed by atoms with Gasteiger partial charge in [0.1, 0.15) is 0 Å². The smallest absolute Gasteiger partial charge is 0.272 e. The molecule has 0 aliphatic heterocycles. The molecule has 94 valence electrons. The Bertz CT molecular complexity index is 407. The lowest BCUT2D eigenvalue weighted by Gasteiger charge is -2.18. The summed E-state index contributed by atoms with van der Waals surface area (Å²) < 4.78 is 0. The molecule has 2 unspecified atom stereocenters. The van der Waals surface area contributed by atoms with Crippen molar-refractivity contribution < 1.29 is 4.92 Å². The molecule has 0 fully saturated rings. The Kier molecular flexibility index (Phi) is 4.90. The van der Waals surface area contributed by atoms with Crippen molar-refractivity contribution in [3.05, 3.63) is 38.9 Å².